The van der Waals surface area contributed by atoms with Crippen LogP contribution in [0.25, 0.3) is 6.08 Å². The average molecular weight is 433 g/mol. The number of aliphatic carboxylic acids is 1. The van der Waals surface area contributed by atoms with Gasteiger partial charge >= 0.3 is 5.97 Å². The van der Waals surface area contributed by atoms with E-state index in [4.69, 9.17) is 14.6 Å². The summed E-state index contributed by atoms with van der Waals surface area (Å²) in [5, 5.41) is 8.88. The molecule has 31 heavy (non-hydrogen) atoms. The highest BCUT2D eigenvalue weighted by Gasteiger charge is 2.32. The second kappa shape index (κ2) is 9.31. The third-order valence-electron chi connectivity index (χ3n) is 5.63. The number of ether oxygens (including phenoxy) is 2. The summed E-state index contributed by atoms with van der Waals surface area (Å²) in [6, 6.07) is 22.8. The fraction of sp³-hybridized carbons (Fsp3) is 0.192. The minimum absolute atomic E-state index is 0.188. The summed E-state index contributed by atoms with van der Waals surface area (Å²) >= 11 is 1.86. The Bertz CT molecular complexity index is 1090. The number of carboxylic acid groups (broad SMARTS) is 1. The molecule has 1 heterocycles. The van der Waals surface area contributed by atoms with Crippen LogP contribution in [0.2, 0.25) is 0 Å². The van der Waals surface area contributed by atoms with Gasteiger partial charge in [0.05, 0.1) is 14.2 Å². The molecule has 0 aliphatic carbocycles. The summed E-state index contributed by atoms with van der Waals surface area (Å²) in [6.45, 7) is 0. The van der Waals surface area contributed by atoms with Crippen molar-refractivity contribution in [2.75, 3.05) is 20.0 Å². The molecule has 1 aliphatic rings. The van der Waals surface area contributed by atoms with Crippen LogP contribution >= 0.6 is 11.8 Å². The molecule has 2 atom stereocenters. The van der Waals surface area contributed by atoms with Gasteiger partial charge in [-0.2, -0.15) is 0 Å². The smallest absolute Gasteiger partial charge is 0.328 e. The lowest BCUT2D eigenvalue weighted by molar-refractivity contribution is -0.131. The largest absolute Gasteiger partial charge is 0.497 e. The summed E-state index contributed by atoms with van der Waals surface area (Å²) in [4.78, 5) is 12.1. The molecule has 0 bridgehead atoms. The molecule has 2 unspecified atom stereocenters. The molecule has 4 nitrogen and oxygen atoms in total. The Morgan fingerprint density at radius 2 is 1.58 bits per heavy atom. The molecule has 3 aromatic carbocycles. The zero-order valence-electron chi connectivity index (χ0n) is 17.4. The molecule has 0 radical (unpaired) electrons. The Kier molecular flexibility index (Phi) is 6.33. The van der Waals surface area contributed by atoms with Gasteiger partial charge in [0.2, 0.25) is 0 Å². The maximum absolute atomic E-state index is 10.8. The average Bonchev–Trinajstić information content (AvgIpc) is 2.82. The number of thioether (sulfide) groups is 1. The maximum atomic E-state index is 10.8. The molecule has 0 saturated carbocycles. The van der Waals surface area contributed by atoms with Crippen molar-refractivity contribution in [3.63, 3.8) is 0 Å². The van der Waals surface area contributed by atoms with Gasteiger partial charge in [0, 0.05) is 28.6 Å². The normalized spacial score (nSPS) is 17.9. The van der Waals surface area contributed by atoms with Crippen molar-refractivity contribution in [1.29, 1.82) is 0 Å². The third-order valence-corrected chi connectivity index (χ3v) is 6.82. The highest BCUT2D eigenvalue weighted by atomic mass is 32.2. The van der Waals surface area contributed by atoms with E-state index in [0.29, 0.717) is 5.92 Å². The van der Waals surface area contributed by atoms with Gasteiger partial charge in [0.25, 0.3) is 0 Å². The number of hydrogen-bond donors (Lipinski definition) is 1. The number of benzene rings is 3. The molecule has 4 rings (SSSR count). The molecule has 3 aromatic rings. The Morgan fingerprint density at radius 1 is 0.935 bits per heavy atom. The van der Waals surface area contributed by atoms with Crippen molar-refractivity contribution in [3.05, 3.63) is 95.1 Å². The van der Waals surface area contributed by atoms with E-state index in [-0.39, 0.29) is 5.92 Å². The fourth-order valence-electron chi connectivity index (χ4n) is 4.05. The summed E-state index contributed by atoms with van der Waals surface area (Å²) in [6.07, 6.45) is 2.77. The quantitative estimate of drug-likeness (QED) is 0.497. The standard InChI is InChI=1S/C26H24O4S/c1-29-20-10-8-18(9-11-20)23-16-31-24-15-21(30-2)12-13-22(24)26(23)19-6-3-17(4-7-19)5-14-25(27)28/h3-15,23,26H,16H2,1-2H3,(H,27,28)/b14-5+. The summed E-state index contributed by atoms with van der Waals surface area (Å²) in [5.41, 5.74) is 4.63. The van der Waals surface area contributed by atoms with Gasteiger partial charge in [-0.05, 0) is 52.6 Å². The van der Waals surface area contributed by atoms with Crippen LogP contribution in [0.4, 0.5) is 0 Å². The van der Waals surface area contributed by atoms with Crippen LogP contribution in [-0.2, 0) is 4.79 Å². The minimum Gasteiger partial charge on any atom is -0.497 e. The number of rotatable bonds is 6. The van der Waals surface area contributed by atoms with Crippen molar-refractivity contribution < 1.29 is 19.4 Å². The van der Waals surface area contributed by atoms with Gasteiger partial charge in [-0.25, -0.2) is 4.79 Å². The molecule has 0 saturated heterocycles. The first-order valence-electron chi connectivity index (χ1n) is 10.0. The molecule has 1 aliphatic heterocycles. The monoisotopic (exact) mass is 432 g/mol. The van der Waals surface area contributed by atoms with E-state index in [2.05, 4.69) is 36.4 Å². The van der Waals surface area contributed by atoms with Crippen LogP contribution in [0, 0.1) is 0 Å². The topological polar surface area (TPSA) is 55.8 Å². The highest BCUT2D eigenvalue weighted by molar-refractivity contribution is 7.99. The Balaban J connectivity index is 1.75. The molecule has 0 fully saturated rings. The second-order valence-corrected chi connectivity index (χ2v) is 8.47. The summed E-state index contributed by atoms with van der Waals surface area (Å²) in [7, 11) is 3.37. The van der Waals surface area contributed by atoms with Crippen molar-refractivity contribution >= 4 is 23.8 Å². The van der Waals surface area contributed by atoms with Gasteiger partial charge in [0.1, 0.15) is 11.5 Å². The molecule has 158 valence electrons. The SMILES string of the molecule is COc1ccc(C2CSc3cc(OC)ccc3C2c2ccc(/C=C/C(=O)O)cc2)cc1. The summed E-state index contributed by atoms with van der Waals surface area (Å²) in [5.74, 6) is 2.21. The van der Waals surface area contributed by atoms with Gasteiger partial charge in [0.15, 0.2) is 0 Å². The van der Waals surface area contributed by atoms with Crippen molar-refractivity contribution in [2.24, 2.45) is 0 Å². The van der Waals surface area contributed by atoms with Gasteiger partial charge in [-0.15, -0.1) is 11.8 Å². The summed E-state index contributed by atoms with van der Waals surface area (Å²) < 4.78 is 10.8. The van der Waals surface area contributed by atoms with Crippen LogP contribution < -0.4 is 9.47 Å². The first-order chi connectivity index (χ1) is 15.1. The minimum atomic E-state index is -0.948. The number of methoxy groups -OCH3 is 2. The zero-order valence-corrected chi connectivity index (χ0v) is 18.3. The van der Waals surface area contributed by atoms with Crippen LogP contribution in [0.1, 0.15) is 34.1 Å². The van der Waals surface area contributed by atoms with Gasteiger partial charge in [-0.3, -0.25) is 0 Å². The van der Waals surface area contributed by atoms with E-state index in [0.717, 1.165) is 28.9 Å². The zero-order chi connectivity index (χ0) is 21.8. The predicted molar refractivity (Wildman–Crippen MR) is 124 cm³/mol. The van der Waals surface area contributed by atoms with E-state index in [9.17, 15) is 4.79 Å². The van der Waals surface area contributed by atoms with Crippen molar-refractivity contribution in [3.8, 4) is 11.5 Å². The number of carbonyl (C=O) groups is 1. The van der Waals surface area contributed by atoms with E-state index in [1.807, 2.05) is 42.1 Å². The van der Waals surface area contributed by atoms with E-state index >= 15 is 0 Å². The predicted octanol–water partition coefficient (Wildman–Crippen LogP) is 5.82. The van der Waals surface area contributed by atoms with Crippen LogP contribution in [0.3, 0.4) is 0 Å². The van der Waals surface area contributed by atoms with Gasteiger partial charge < -0.3 is 14.6 Å². The second-order valence-electron chi connectivity index (χ2n) is 7.41. The van der Waals surface area contributed by atoms with E-state index in [1.165, 1.54) is 21.6 Å². The van der Waals surface area contributed by atoms with Gasteiger partial charge in [-0.1, -0.05) is 42.5 Å². The molecular formula is C26H24O4S. The van der Waals surface area contributed by atoms with E-state index < -0.39 is 5.97 Å². The molecule has 1 N–H and O–H groups in total. The number of carboxylic acids is 1. The van der Waals surface area contributed by atoms with E-state index in [1.54, 1.807) is 20.3 Å². The Morgan fingerprint density at radius 3 is 2.23 bits per heavy atom. The van der Waals surface area contributed by atoms with Crippen LogP contribution in [0.5, 0.6) is 11.5 Å². The molecule has 5 heteroatoms. The Hall–Kier alpha value is -3.18. The fourth-order valence-corrected chi connectivity index (χ4v) is 5.35. The number of fused-ring (bicyclic) bond motifs is 1. The van der Waals surface area contributed by atoms with Crippen LogP contribution in [0.15, 0.2) is 77.7 Å². The Labute approximate surface area is 186 Å². The first-order valence-corrected chi connectivity index (χ1v) is 11.0. The number of hydrogen-bond acceptors (Lipinski definition) is 4. The maximum Gasteiger partial charge on any atom is 0.328 e. The lowest BCUT2D eigenvalue weighted by Gasteiger charge is -2.34. The van der Waals surface area contributed by atoms with Crippen LogP contribution in [-0.4, -0.2) is 31.0 Å². The third kappa shape index (κ3) is 4.62. The molecule has 0 aromatic heterocycles. The van der Waals surface area contributed by atoms with Crippen molar-refractivity contribution in [2.45, 2.75) is 16.7 Å². The lowest BCUT2D eigenvalue weighted by atomic mass is 9.77. The highest BCUT2D eigenvalue weighted by Crippen LogP contribution is 2.49. The molecule has 0 spiro atoms. The molecular weight excluding hydrogens is 408 g/mol. The van der Waals surface area contributed by atoms with Crippen molar-refractivity contribution in [1.82, 2.24) is 0 Å². The molecule has 0 amide bonds. The first kappa shape index (κ1) is 21.1. The lowest BCUT2D eigenvalue weighted by Crippen LogP contribution is -2.20.